The summed E-state index contributed by atoms with van der Waals surface area (Å²) < 4.78 is 20.1. The maximum Gasteiger partial charge on any atom is 0.337 e. The third-order valence-corrected chi connectivity index (χ3v) is 3.12. The van der Waals surface area contributed by atoms with Gasteiger partial charge in [-0.3, -0.25) is 0 Å². The number of methoxy groups -OCH3 is 2. The summed E-state index contributed by atoms with van der Waals surface area (Å²) in [4.78, 5) is 23.2. The first-order valence-electron chi connectivity index (χ1n) is 4.90. The molecule has 0 aromatic rings. The van der Waals surface area contributed by atoms with Crippen LogP contribution in [-0.2, 0) is 28.5 Å². The first-order valence-corrected chi connectivity index (χ1v) is 4.90. The third-order valence-electron chi connectivity index (χ3n) is 3.12. The van der Waals surface area contributed by atoms with Crippen molar-refractivity contribution in [2.75, 3.05) is 14.2 Å². The van der Waals surface area contributed by atoms with Crippen LogP contribution in [0.5, 0.6) is 0 Å². The Labute approximate surface area is 91.1 Å². The molecule has 2 bridgehead atoms. The molecule has 0 aliphatic carbocycles. The van der Waals surface area contributed by atoms with Gasteiger partial charge in [-0.15, -0.1) is 0 Å². The van der Waals surface area contributed by atoms with E-state index in [1.807, 2.05) is 0 Å². The molecule has 86 valence electrons. The minimum absolute atomic E-state index is 0.104. The molecule has 0 radical (unpaired) electrons. The van der Waals surface area contributed by atoms with Crippen LogP contribution in [0.15, 0.2) is 11.1 Å². The maximum absolute atomic E-state index is 11.6. The molecular formula is C10H10O6. The van der Waals surface area contributed by atoms with Gasteiger partial charge in [-0.1, -0.05) is 0 Å². The van der Waals surface area contributed by atoms with Crippen molar-refractivity contribution < 1.29 is 28.5 Å². The van der Waals surface area contributed by atoms with Crippen LogP contribution in [0, 0.1) is 0 Å². The summed E-state index contributed by atoms with van der Waals surface area (Å²) in [5.41, 5.74) is 0.496. The van der Waals surface area contributed by atoms with Gasteiger partial charge in [0.25, 0.3) is 0 Å². The molecule has 6 heteroatoms. The fraction of sp³-hybridized carbons (Fsp3) is 0.600. The third kappa shape index (κ3) is 1.03. The van der Waals surface area contributed by atoms with Gasteiger partial charge in [0, 0.05) is 0 Å². The Morgan fingerprint density at radius 2 is 1.38 bits per heavy atom. The highest BCUT2D eigenvalue weighted by Gasteiger charge is 2.67. The highest BCUT2D eigenvalue weighted by Crippen LogP contribution is 2.51. The molecule has 0 aromatic carbocycles. The highest BCUT2D eigenvalue weighted by molar-refractivity contribution is 6.03. The number of esters is 2. The Bertz CT molecular complexity index is 376. The molecule has 2 fully saturated rings. The smallest absolute Gasteiger partial charge is 0.337 e. The molecule has 2 saturated heterocycles. The van der Waals surface area contributed by atoms with Crippen LogP contribution in [0.1, 0.15) is 0 Å². The van der Waals surface area contributed by atoms with Crippen molar-refractivity contribution in [3.8, 4) is 0 Å². The summed E-state index contributed by atoms with van der Waals surface area (Å²) in [7, 11) is 2.53. The van der Waals surface area contributed by atoms with Crippen molar-refractivity contribution in [1.29, 1.82) is 0 Å². The number of carbonyl (C=O) groups is 2. The average Bonchev–Trinajstić information content (AvgIpc) is 2.93. The van der Waals surface area contributed by atoms with Gasteiger partial charge in [-0.2, -0.15) is 0 Å². The minimum Gasteiger partial charge on any atom is -0.466 e. The lowest BCUT2D eigenvalue weighted by molar-refractivity contribution is -0.139. The van der Waals surface area contributed by atoms with Crippen molar-refractivity contribution in [2.45, 2.75) is 24.4 Å². The highest BCUT2D eigenvalue weighted by atomic mass is 16.7. The molecule has 0 unspecified atom stereocenters. The van der Waals surface area contributed by atoms with E-state index in [-0.39, 0.29) is 23.4 Å². The maximum atomic E-state index is 11.6. The van der Waals surface area contributed by atoms with Crippen molar-refractivity contribution in [3.05, 3.63) is 11.1 Å². The molecule has 0 spiro atoms. The average molecular weight is 226 g/mol. The predicted molar refractivity (Wildman–Crippen MR) is 48.4 cm³/mol. The Balaban J connectivity index is 2.03. The van der Waals surface area contributed by atoms with E-state index >= 15 is 0 Å². The standard InChI is InChI=1S/C10H10O6/c1-13-9(11)3-4(10(12)14-2)6-8-7(16-8)5(3)15-6/h5-8H,1-2H3/t5-,6+,7-,8+. The van der Waals surface area contributed by atoms with E-state index in [0.29, 0.717) is 0 Å². The van der Waals surface area contributed by atoms with Gasteiger partial charge in [-0.05, 0) is 0 Å². The zero-order valence-electron chi connectivity index (χ0n) is 8.76. The Hall–Kier alpha value is -1.40. The van der Waals surface area contributed by atoms with Crippen LogP contribution in [0.2, 0.25) is 0 Å². The van der Waals surface area contributed by atoms with Gasteiger partial charge >= 0.3 is 11.9 Å². The molecule has 16 heavy (non-hydrogen) atoms. The lowest BCUT2D eigenvalue weighted by Gasteiger charge is -2.10. The molecule has 0 saturated carbocycles. The van der Waals surface area contributed by atoms with E-state index in [0.717, 1.165) is 0 Å². The quantitative estimate of drug-likeness (QED) is 0.452. The largest absolute Gasteiger partial charge is 0.466 e. The molecule has 4 atom stereocenters. The van der Waals surface area contributed by atoms with E-state index in [1.165, 1.54) is 14.2 Å². The van der Waals surface area contributed by atoms with Gasteiger partial charge in [0.1, 0.15) is 24.4 Å². The first-order chi connectivity index (χ1) is 7.69. The van der Waals surface area contributed by atoms with Gasteiger partial charge < -0.3 is 18.9 Å². The number of hydrogen-bond donors (Lipinski definition) is 0. The number of fused-ring (bicyclic) bond motifs is 5. The molecule has 3 heterocycles. The van der Waals surface area contributed by atoms with Gasteiger partial charge in [0.2, 0.25) is 0 Å². The van der Waals surface area contributed by atoms with Crippen LogP contribution in [0.3, 0.4) is 0 Å². The SMILES string of the molecule is COC(=O)C1=C(C(=O)OC)[C@@H]2O[C@H]1[C@H]1O[C@H]12. The number of carbonyl (C=O) groups excluding carboxylic acids is 2. The van der Waals surface area contributed by atoms with Crippen LogP contribution in [-0.4, -0.2) is 50.6 Å². The second kappa shape index (κ2) is 3.05. The van der Waals surface area contributed by atoms with Crippen LogP contribution < -0.4 is 0 Å². The Morgan fingerprint density at radius 3 is 1.75 bits per heavy atom. The fourth-order valence-corrected chi connectivity index (χ4v) is 2.38. The van der Waals surface area contributed by atoms with Crippen LogP contribution in [0.4, 0.5) is 0 Å². The fourth-order valence-electron chi connectivity index (χ4n) is 2.38. The summed E-state index contributed by atoms with van der Waals surface area (Å²) in [5.74, 6) is -1.11. The molecule has 3 rings (SSSR count). The lowest BCUT2D eigenvalue weighted by Crippen LogP contribution is -2.28. The summed E-state index contributed by atoms with van der Waals surface area (Å²) in [5, 5.41) is 0. The minimum atomic E-state index is -0.554. The number of ether oxygens (including phenoxy) is 4. The molecular weight excluding hydrogens is 216 g/mol. The van der Waals surface area contributed by atoms with Gasteiger partial charge in [0.05, 0.1) is 25.4 Å². The molecule has 3 aliphatic heterocycles. The first kappa shape index (κ1) is 9.80. The van der Waals surface area contributed by atoms with Gasteiger partial charge in [0.15, 0.2) is 0 Å². The van der Waals surface area contributed by atoms with E-state index in [1.54, 1.807) is 0 Å². The van der Waals surface area contributed by atoms with Crippen molar-refractivity contribution in [3.63, 3.8) is 0 Å². The second-order valence-electron chi connectivity index (χ2n) is 3.85. The van der Waals surface area contributed by atoms with Crippen molar-refractivity contribution >= 4 is 11.9 Å². The number of epoxide rings is 1. The van der Waals surface area contributed by atoms with Crippen LogP contribution in [0.25, 0.3) is 0 Å². The Morgan fingerprint density at radius 1 is 0.938 bits per heavy atom. The normalized spacial score (nSPS) is 38.4. The van der Waals surface area contributed by atoms with E-state index in [2.05, 4.69) is 9.47 Å². The summed E-state index contributed by atoms with van der Waals surface area (Å²) >= 11 is 0. The van der Waals surface area contributed by atoms with E-state index in [9.17, 15) is 9.59 Å². The zero-order chi connectivity index (χ0) is 11.4. The Kier molecular flexibility index (Phi) is 1.87. The van der Waals surface area contributed by atoms with Crippen molar-refractivity contribution in [2.24, 2.45) is 0 Å². The molecule has 6 nitrogen and oxygen atoms in total. The second-order valence-corrected chi connectivity index (χ2v) is 3.85. The predicted octanol–water partition coefficient (Wildman–Crippen LogP) is -0.823. The molecule has 0 amide bonds. The topological polar surface area (TPSA) is 74.4 Å². The zero-order valence-corrected chi connectivity index (χ0v) is 8.76. The molecule has 3 aliphatic rings. The van der Waals surface area contributed by atoms with E-state index < -0.39 is 24.1 Å². The van der Waals surface area contributed by atoms with Crippen molar-refractivity contribution in [1.82, 2.24) is 0 Å². The summed E-state index contributed by atoms with van der Waals surface area (Å²) in [6.07, 6.45) is -1.16. The van der Waals surface area contributed by atoms with Crippen LogP contribution >= 0.6 is 0 Å². The summed E-state index contributed by atoms with van der Waals surface area (Å²) in [6.45, 7) is 0. The lowest BCUT2D eigenvalue weighted by atomic mass is 9.92. The molecule has 0 aromatic heterocycles. The summed E-state index contributed by atoms with van der Waals surface area (Å²) in [6, 6.07) is 0. The monoisotopic (exact) mass is 226 g/mol. The van der Waals surface area contributed by atoms with Gasteiger partial charge in [-0.25, -0.2) is 9.59 Å². The number of rotatable bonds is 2. The van der Waals surface area contributed by atoms with E-state index in [4.69, 9.17) is 9.47 Å². The number of hydrogen-bond acceptors (Lipinski definition) is 6. The molecule has 0 N–H and O–H groups in total.